The number of hydrogen-bond acceptors (Lipinski definition) is 4. The molecule has 15 heavy (non-hydrogen) atoms. The number of nitrogens with two attached hydrogens (primary N) is 1. The summed E-state index contributed by atoms with van der Waals surface area (Å²) >= 11 is 0. The molecule has 0 radical (unpaired) electrons. The van der Waals surface area contributed by atoms with Crippen LogP contribution in [0.15, 0.2) is 4.99 Å². The first-order valence-electron chi connectivity index (χ1n) is 5.75. The molecule has 0 amide bonds. The van der Waals surface area contributed by atoms with Gasteiger partial charge in [0.05, 0.1) is 18.2 Å². The largest absolute Gasteiger partial charge is 0.381 e. The average molecular weight is 211 g/mol. The zero-order valence-corrected chi connectivity index (χ0v) is 9.86. The molecule has 0 saturated heterocycles. The summed E-state index contributed by atoms with van der Waals surface area (Å²) < 4.78 is 5.35. The van der Waals surface area contributed by atoms with Crippen LogP contribution >= 0.6 is 0 Å². The van der Waals surface area contributed by atoms with Gasteiger partial charge >= 0.3 is 0 Å². The minimum atomic E-state index is 0.181. The summed E-state index contributed by atoms with van der Waals surface area (Å²) in [4.78, 5) is 6.70. The van der Waals surface area contributed by atoms with Crippen molar-refractivity contribution < 1.29 is 4.74 Å². The maximum atomic E-state index is 5.96. The molecular weight excluding hydrogens is 190 g/mol. The first-order valence-corrected chi connectivity index (χ1v) is 5.75. The van der Waals surface area contributed by atoms with Crippen molar-refractivity contribution in [3.63, 3.8) is 0 Å². The lowest BCUT2D eigenvalue weighted by Crippen LogP contribution is -2.63. The van der Waals surface area contributed by atoms with E-state index in [2.05, 4.69) is 23.7 Å². The highest BCUT2D eigenvalue weighted by Gasteiger charge is 2.53. The summed E-state index contributed by atoms with van der Waals surface area (Å²) in [5.41, 5.74) is 6.14. The third-order valence-electron chi connectivity index (χ3n) is 3.87. The predicted molar refractivity (Wildman–Crippen MR) is 60.8 cm³/mol. The average Bonchev–Trinajstić information content (AvgIpc) is 2.52. The fourth-order valence-corrected chi connectivity index (χ4v) is 2.78. The van der Waals surface area contributed by atoms with Crippen molar-refractivity contribution >= 4 is 5.96 Å². The molecule has 0 bridgehead atoms. The molecule has 2 rings (SSSR count). The lowest BCUT2D eigenvalue weighted by Gasteiger charge is -2.52. The summed E-state index contributed by atoms with van der Waals surface area (Å²) in [6, 6.07) is 0.481. The Bertz CT molecular complexity index is 271. The molecule has 2 N–H and O–H groups in total. The molecule has 1 atom stereocenters. The van der Waals surface area contributed by atoms with Crippen LogP contribution in [-0.2, 0) is 4.74 Å². The Morgan fingerprint density at radius 2 is 2.33 bits per heavy atom. The highest BCUT2D eigenvalue weighted by atomic mass is 16.5. The number of ether oxygens (including phenoxy) is 1. The molecule has 1 unspecified atom stereocenters. The second kappa shape index (κ2) is 3.67. The predicted octanol–water partition coefficient (Wildman–Crippen LogP) is 0.963. The quantitative estimate of drug-likeness (QED) is 0.756. The third kappa shape index (κ3) is 1.51. The minimum Gasteiger partial charge on any atom is -0.381 e. The second-order valence-electron chi connectivity index (χ2n) is 4.79. The van der Waals surface area contributed by atoms with E-state index in [9.17, 15) is 0 Å². The van der Waals surface area contributed by atoms with Gasteiger partial charge in [0.15, 0.2) is 5.96 Å². The lowest BCUT2D eigenvalue weighted by atomic mass is 9.73. The standard InChI is InChI=1S/C11H21N3O/c1-4-8(2)14-10(12)13-7-11(14)5-9(6-11)15-3/h8-9H,4-7H2,1-3H3,(H2,12,13). The molecule has 4 nitrogen and oxygen atoms in total. The fourth-order valence-electron chi connectivity index (χ4n) is 2.78. The van der Waals surface area contributed by atoms with Crippen LogP contribution in [0.3, 0.4) is 0 Å². The number of nitrogens with zero attached hydrogens (tertiary/aromatic N) is 2. The molecule has 0 aromatic rings. The topological polar surface area (TPSA) is 50.8 Å². The molecule has 1 fully saturated rings. The Morgan fingerprint density at radius 3 is 2.87 bits per heavy atom. The Labute approximate surface area is 91.5 Å². The van der Waals surface area contributed by atoms with Crippen molar-refractivity contribution in [1.82, 2.24) is 4.90 Å². The van der Waals surface area contributed by atoms with E-state index < -0.39 is 0 Å². The van der Waals surface area contributed by atoms with Crippen molar-refractivity contribution in [3.8, 4) is 0 Å². The molecule has 1 heterocycles. The number of hydrogen-bond donors (Lipinski definition) is 1. The molecule has 1 saturated carbocycles. The van der Waals surface area contributed by atoms with Crippen LogP contribution in [0.25, 0.3) is 0 Å². The third-order valence-corrected chi connectivity index (χ3v) is 3.87. The molecule has 2 aliphatic rings. The van der Waals surface area contributed by atoms with Crippen molar-refractivity contribution in [1.29, 1.82) is 0 Å². The van der Waals surface area contributed by atoms with E-state index in [0.717, 1.165) is 31.8 Å². The normalized spacial score (nSPS) is 36.6. The highest BCUT2D eigenvalue weighted by Crippen LogP contribution is 2.43. The first-order chi connectivity index (χ1) is 7.13. The first kappa shape index (κ1) is 10.7. The zero-order chi connectivity index (χ0) is 11.1. The summed E-state index contributed by atoms with van der Waals surface area (Å²) in [5, 5.41) is 0. The van der Waals surface area contributed by atoms with E-state index >= 15 is 0 Å². The maximum absolute atomic E-state index is 5.96. The zero-order valence-electron chi connectivity index (χ0n) is 9.86. The van der Waals surface area contributed by atoms with Crippen molar-refractivity contribution in [2.24, 2.45) is 10.7 Å². The fraction of sp³-hybridized carbons (Fsp3) is 0.909. The van der Waals surface area contributed by atoms with Crippen LogP contribution in [-0.4, -0.2) is 42.2 Å². The molecule has 0 aromatic carbocycles. The van der Waals surface area contributed by atoms with Gasteiger partial charge in [0.2, 0.25) is 0 Å². The highest BCUT2D eigenvalue weighted by molar-refractivity contribution is 5.81. The molecule has 86 valence electrons. The van der Waals surface area contributed by atoms with Crippen molar-refractivity contribution in [3.05, 3.63) is 0 Å². The van der Waals surface area contributed by atoms with E-state index in [1.807, 2.05) is 0 Å². The van der Waals surface area contributed by atoms with Crippen LogP contribution in [0.1, 0.15) is 33.1 Å². The lowest BCUT2D eigenvalue weighted by molar-refractivity contribution is -0.0655. The number of guanidine groups is 1. The van der Waals surface area contributed by atoms with Gasteiger partial charge in [-0.1, -0.05) is 6.92 Å². The summed E-state index contributed by atoms with van der Waals surface area (Å²) in [6.45, 7) is 5.26. The second-order valence-corrected chi connectivity index (χ2v) is 4.79. The van der Waals surface area contributed by atoms with Crippen LogP contribution in [0.2, 0.25) is 0 Å². The monoisotopic (exact) mass is 211 g/mol. The molecule has 4 heteroatoms. The Balaban J connectivity index is 2.08. The Hall–Kier alpha value is -0.770. The van der Waals surface area contributed by atoms with E-state index in [1.165, 1.54) is 0 Å². The maximum Gasteiger partial charge on any atom is 0.192 e. The van der Waals surface area contributed by atoms with Crippen molar-refractivity contribution in [2.75, 3.05) is 13.7 Å². The Kier molecular flexibility index (Phi) is 2.63. The van der Waals surface area contributed by atoms with Crippen LogP contribution < -0.4 is 5.73 Å². The van der Waals surface area contributed by atoms with Gasteiger partial charge in [-0.2, -0.15) is 0 Å². The van der Waals surface area contributed by atoms with E-state index in [4.69, 9.17) is 10.5 Å². The van der Waals surface area contributed by atoms with Gasteiger partial charge in [0.1, 0.15) is 0 Å². The smallest absolute Gasteiger partial charge is 0.192 e. The van der Waals surface area contributed by atoms with E-state index in [1.54, 1.807) is 7.11 Å². The van der Waals surface area contributed by atoms with Gasteiger partial charge in [-0.25, -0.2) is 0 Å². The van der Waals surface area contributed by atoms with E-state index in [-0.39, 0.29) is 5.54 Å². The number of rotatable bonds is 3. The van der Waals surface area contributed by atoms with Crippen molar-refractivity contribution in [2.45, 2.75) is 50.8 Å². The van der Waals surface area contributed by atoms with Crippen LogP contribution in [0.5, 0.6) is 0 Å². The molecular formula is C11H21N3O. The van der Waals surface area contributed by atoms with Gasteiger partial charge in [-0.3, -0.25) is 4.99 Å². The summed E-state index contributed by atoms with van der Waals surface area (Å²) in [5.74, 6) is 0.721. The number of methoxy groups -OCH3 is 1. The van der Waals surface area contributed by atoms with Gasteiger partial charge in [0.25, 0.3) is 0 Å². The minimum absolute atomic E-state index is 0.181. The summed E-state index contributed by atoms with van der Waals surface area (Å²) in [6.07, 6.45) is 3.64. The van der Waals surface area contributed by atoms with Gasteiger partial charge in [-0.15, -0.1) is 0 Å². The molecule has 1 spiro atoms. The van der Waals surface area contributed by atoms with E-state index in [0.29, 0.717) is 12.1 Å². The molecule has 1 aliphatic heterocycles. The van der Waals surface area contributed by atoms with Crippen LogP contribution in [0.4, 0.5) is 0 Å². The SMILES string of the molecule is CCC(C)N1C(N)=NCC12CC(OC)C2. The molecule has 0 aromatic heterocycles. The van der Waals surface area contributed by atoms with Crippen LogP contribution in [0, 0.1) is 0 Å². The van der Waals surface area contributed by atoms with Gasteiger partial charge in [0, 0.05) is 13.2 Å². The number of aliphatic imine (C=N–C) groups is 1. The summed E-state index contributed by atoms with van der Waals surface area (Å²) in [7, 11) is 1.78. The van der Waals surface area contributed by atoms with Gasteiger partial charge < -0.3 is 15.4 Å². The Morgan fingerprint density at radius 1 is 1.67 bits per heavy atom. The van der Waals surface area contributed by atoms with Gasteiger partial charge in [-0.05, 0) is 26.2 Å². The molecule has 1 aliphatic carbocycles.